The Hall–Kier alpha value is -3.38. The van der Waals surface area contributed by atoms with Gasteiger partial charge in [-0.2, -0.15) is 0 Å². The lowest BCUT2D eigenvalue weighted by Gasteiger charge is -2.49. The van der Waals surface area contributed by atoms with Crippen molar-refractivity contribution >= 4 is 43.8 Å². The number of carboxylic acid groups (broad SMARTS) is 1. The zero-order chi connectivity index (χ0) is 30.8. The number of hydrogen-bond donors (Lipinski definition) is 1. The molecule has 1 heterocycles. The molecule has 1 fully saturated rings. The quantitative estimate of drug-likeness (QED) is 0.114. The van der Waals surface area contributed by atoms with E-state index >= 15 is 0 Å². The maximum Gasteiger partial charge on any atom is 0.400 e. The largest absolute Gasteiger partial charge is 0.478 e. The van der Waals surface area contributed by atoms with Crippen molar-refractivity contribution in [2.75, 3.05) is 6.79 Å². The minimum Gasteiger partial charge on any atom is -0.478 e. The average Bonchev–Trinajstić information content (AvgIpc) is 2.81. The van der Waals surface area contributed by atoms with Gasteiger partial charge < -0.3 is 19.0 Å². The van der Waals surface area contributed by atoms with Crippen molar-refractivity contribution in [1.29, 1.82) is 0 Å². The van der Waals surface area contributed by atoms with Gasteiger partial charge in [0.1, 0.15) is 0 Å². The van der Waals surface area contributed by atoms with Crippen LogP contribution < -0.4 is 0 Å². The second-order valence-electron chi connectivity index (χ2n) is 12.4. The number of carboxylic acids is 1. The number of amides is 2. The number of ketones is 1. The van der Waals surface area contributed by atoms with Gasteiger partial charge in [-0.05, 0) is 58.0 Å². The van der Waals surface area contributed by atoms with Crippen LogP contribution in [0.3, 0.4) is 0 Å². The molecule has 220 valence electrons. The Morgan fingerprint density at radius 3 is 2.10 bits per heavy atom. The molecule has 1 N–H and O–H groups in total. The van der Waals surface area contributed by atoms with Crippen LogP contribution in [-0.4, -0.2) is 72.8 Å². The fourth-order valence-corrected chi connectivity index (χ4v) is 5.34. The minimum absolute atomic E-state index is 0.0834. The first-order valence-electron chi connectivity index (χ1n) is 12.9. The van der Waals surface area contributed by atoms with E-state index in [1.807, 2.05) is 33.9 Å². The smallest absolute Gasteiger partial charge is 0.400 e. The SMILES string of the molecule is C[C@@H](O[Si](C)(C)C(C)(C)C)[C@H]1C(=O)N(C(=O)C(=O)OCOC(=O)C(C)(C)C)[C@@H]1CC(=O)c1cccc(C(=O)O)c1. The molecule has 0 aliphatic carbocycles. The van der Waals surface area contributed by atoms with Gasteiger partial charge in [0.25, 0.3) is 0 Å². The Balaban J connectivity index is 2.29. The molecule has 1 saturated heterocycles. The number of aromatic carboxylic acids is 1. The molecular weight excluding hydrogens is 538 g/mol. The Morgan fingerprint density at radius 2 is 1.57 bits per heavy atom. The summed E-state index contributed by atoms with van der Waals surface area (Å²) in [6.45, 7) is 15.8. The first-order chi connectivity index (χ1) is 18.2. The van der Waals surface area contributed by atoms with Crippen molar-refractivity contribution in [3.63, 3.8) is 0 Å². The number of imide groups is 1. The second kappa shape index (κ2) is 12.0. The number of benzene rings is 1. The summed E-state index contributed by atoms with van der Waals surface area (Å²) in [5.41, 5.74) is -0.871. The van der Waals surface area contributed by atoms with Crippen molar-refractivity contribution in [3.8, 4) is 0 Å². The molecule has 3 atom stereocenters. The van der Waals surface area contributed by atoms with Crippen molar-refractivity contribution in [2.45, 2.75) is 85.2 Å². The van der Waals surface area contributed by atoms with E-state index in [9.17, 15) is 33.9 Å². The standard InChI is InChI=1S/C28H39NO10Si/c1-16(39-40(8,9)28(5,6)7)21-19(14-20(30)17-11-10-12-18(13-17)24(33)34)29(22(21)31)23(32)25(35)37-15-38-26(36)27(2,3)4/h10-13,16,19,21H,14-15H2,1-9H3,(H,33,34)/t16-,19-,21-/m1/s1. The summed E-state index contributed by atoms with van der Waals surface area (Å²) in [6.07, 6.45) is -1.03. The predicted octanol–water partition coefficient (Wildman–Crippen LogP) is 3.81. The Morgan fingerprint density at radius 1 is 1.00 bits per heavy atom. The van der Waals surface area contributed by atoms with E-state index in [1.54, 1.807) is 27.7 Å². The van der Waals surface area contributed by atoms with E-state index in [0.717, 1.165) is 0 Å². The highest BCUT2D eigenvalue weighted by Crippen LogP contribution is 2.41. The van der Waals surface area contributed by atoms with Gasteiger partial charge in [0.2, 0.25) is 12.7 Å². The summed E-state index contributed by atoms with van der Waals surface area (Å²) < 4.78 is 16.0. The normalized spacial score (nSPS) is 18.4. The Bertz CT molecular complexity index is 1190. The van der Waals surface area contributed by atoms with Gasteiger partial charge in [-0.3, -0.25) is 24.1 Å². The van der Waals surface area contributed by atoms with E-state index in [-0.39, 0.29) is 22.6 Å². The molecule has 0 saturated carbocycles. The summed E-state index contributed by atoms with van der Waals surface area (Å²) in [5.74, 6) is -6.71. The van der Waals surface area contributed by atoms with Crippen LogP contribution in [0.15, 0.2) is 24.3 Å². The second-order valence-corrected chi connectivity index (χ2v) is 17.2. The third-order valence-corrected chi connectivity index (χ3v) is 11.8. The molecule has 11 nitrogen and oxygen atoms in total. The van der Waals surface area contributed by atoms with Crippen molar-refractivity contribution in [2.24, 2.45) is 11.3 Å². The average molecular weight is 578 g/mol. The molecule has 2 amide bonds. The molecule has 1 aromatic rings. The molecule has 2 rings (SSSR count). The van der Waals surface area contributed by atoms with Crippen molar-refractivity contribution in [3.05, 3.63) is 35.4 Å². The van der Waals surface area contributed by atoms with Gasteiger partial charge in [-0.25, -0.2) is 9.59 Å². The molecule has 0 bridgehead atoms. The summed E-state index contributed by atoms with van der Waals surface area (Å²) >= 11 is 0. The molecule has 12 heteroatoms. The number of carbonyl (C=O) groups excluding carboxylic acids is 5. The third-order valence-electron chi connectivity index (χ3n) is 7.27. The lowest BCUT2D eigenvalue weighted by atomic mass is 9.79. The molecule has 1 aliphatic rings. The first kappa shape index (κ1) is 32.8. The van der Waals surface area contributed by atoms with Crippen LogP contribution in [0.4, 0.5) is 0 Å². The highest BCUT2D eigenvalue weighted by atomic mass is 28.4. The van der Waals surface area contributed by atoms with Crippen LogP contribution in [-0.2, 0) is 33.1 Å². The van der Waals surface area contributed by atoms with Crippen LogP contribution in [0.25, 0.3) is 0 Å². The fourth-order valence-electron chi connectivity index (χ4n) is 3.91. The van der Waals surface area contributed by atoms with Gasteiger partial charge in [0, 0.05) is 12.0 Å². The number of β-lactam (4-membered cyclic amide) rings is 1. The zero-order valence-corrected chi connectivity index (χ0v) is 25.5. The maximum atomic E-state index is 13.2. The van der Waals surface area contributed by atoms with Gasteiger partial charge in [-0.15, -0.1) is 0 Å². The van der Waals surface area contributed by atoms with E-state index in [4.69, 9.17) is 13.9 Å². The molecule has 0 radical (unpaired) electrons. The van der Waals surface area contributed by atoms with E-state index < -0.39 is 74.1 Å². The monoisotopic (exact) mass is 577 g/mol. The number of Topliss-reactive ketones (excluding diaryl/α,β-unsaturated/α-hetero) is 1. The van der Waals surface area contributed by atoms with Crippen molar-refractivity contribution in [1.82, 2.24) is 4.90 Å². The number of likely N-dealkylation sites (tertiary alicyclic amines) is 1. The van der Waals surface area contributed by atoms with E-state index in [2.05, 4.69) is 0 Å². The highest BCUT2D eigenvalue weighted by molar-refractivity contribution is 6.74. The zero-order valence-electron chi connectivity index (χ0n) is 24.5. The molecule has 1 aromatic carbocycles. The van der Waals surface area contributed by atoms with Gasteiger partial charge in [-0.1, -0.05) is 32.9 Å². The summed E-state index contributed by atoms with van der Waals surface area (Å²) in [6, 6.07) is 4.36. The number of hydrogen-bond acceptors (Lipinski definition) is 9. The van der Waals surface area contributed by atoms with Gasteiger partial charge in [0.15, 0.2) is 14.1 Å². The van der Waals surface area contributed by atoms with Gasteiger partial charge in [0.05, 0.1) is 29.0 Å². The lowest BCUT2D eigenvalue weighted by Crippen LogP contribution is -2.68. The topological polar surface area (TPSA) is 154 Å². The summed E-state index contributed by atoms with van der Waals surface area (Å²) in [5, 5.41) is 9.09. The number of nitrogens with zero attached hydrogens (tertiary/aromatic N) is 1. The van der Waals surface area contributed by atoms with E-state index in [1.165, 1.54) is 24.3 Å². The number of esters is 2. The number of rotatable bonds is 9. The van der Waals surface area contributed by atoms with Crippen molar-refractivity contribution < 1.29 is 47.8 Å². The first-order valence-corrected chi connectivity index (χ1v) is 15.9. The number of ether oxygens (including phenoxy) is 2. The molecule has 0 unspecified atom stereocenters. The maximum absolute atomic E-state index is 13.2. The summed E-state index contributed by atoms with van der Waals surface area (Å²) in [7, 11) is -2.36. The fraction of sp³-hybridized carbons (Fsp3) is 0.571. The molecule has 40 heavy (non-hydrogen) atoms. The van der Waals surface area contributed by atoms with Crippen LogP contribution >= 0.6 is 0 Å². The van der Waals surface area contributed by atoms with Crippen LogP contribution in [0.2, 0.25) is 18.1 Å². The highest BCUT2D eigenvalue weighted by Gasteiger charge is 2.56. The Kier molecular flexibility index (Phi) is 9.86. The molecule has 0 aromatic heterocycles. The summed E-state index contributed by atoms with van der Waals surface area (Å²) in [4.78, 5) is 75.8. The molecule has 1 aliphatic heterocycles. The minimum atomic E-state index is -2.36. The Labute approximate surface area is 235 Å². The van der Waals surface area contributed by atoms with Gasteiger partial charge >= 0.3 is 23.8 Å². The number of carbonyl (C=O) groups is 6. The molecular formula is C28H39NO10Si. The van der Waals surface area contributed by atoms with Crippen LogP contribution in [0.5, 0.6) is 0 Å². The third kappa shape index (κ3) is 7.42. The predicted molar refractivity (Wildman–Crippen MR) is 146 cm³/mol. The van der Waals surface area contributed by atoms with Crippen LogP contribution in [0, 0.1) is 11.3 Å². The molecule has 0 spiro atoms. The lowest BCUT2D eigenvalue weighted by molar-refractivity contribution is -0.186. The van der Waals surface area contributed by atoms with E-state index in [0.29, 0.717) is 4.90 Å². The van der Waals surface area contributed by atoms with Crippen LogP contribution in [0.1, 0.15) is 75.6 Å².